The summed E-state index contributed by atoms with van der Waals surface area (Å²) in [5, 5.41) is 21.0. The Labute approximate surface area is 189 Å². The molecule has 1 aliphatic heterocycles. The average Bonchev–Trinajstić information content (AvgIpc) is 3.05. The predicted octanol–water partition coefficient (Wildman–Crippen LogP) is 4.85. The molecule has 170 valence electrons. The molecular formula is C25H22FNO6. The number of hydrogen-bond acceptors (Lipinski definition) is 5. The Hall–Kier alpha value is -3.94. The number of nitrogens with zero attached hydrogens (tertiary/aromatic N) is 1. The number of fused-ring (bicyclic) bond motifs is 2. The fourth-order valence-electron chi connectivity index (χ4n) is 4.16. The fraction of sp³-hybridized carbons (Fsp3) is 0.240. The maximum absolute atomic E-state index is 15.1. The van der Waals surface area contributed by atoms with Crippen LogP contribution in [0.15, 0.2) is 42.5 Å². The lowest BCUT2D eigenvalue weighted by Gasteiger charge is -2.17. The predicted molar refractivity (Wildman–Crippen MR) is 120 cm³/mol. The zero-order valence-corrected chi connectivity index (χ0v) is 18.1. The number of carboxylic acid groups (broad SMARTS) is 1. The molecular weight excluding hydrogens is 429 g/mol. The van der Waals surface area contributed by atoms with Gasteiger partial charge >= 0.3 is 5.97 Å². The molecule has 8 heteroatoms. The molecule has 2 amide bonds. The fourth-order valence-corrected chi connectivity index (χ4v) is 4.16. The Bertz CT molecular complexity index is 1300. The molecule has 0 aliphatic carbocycles. The quantitative estimate of drug-likeness (QED) is 0.498. The first-order valence-corrected chi connectivity index (χ1v) is 10.6. The van der Waals surface area contributed by atoms with Gasteiger partial charge in [0.25, 0.3) is 11.8 Å². The number of phenolic OH excluding ortho intramolecular Hbond substituents is 1. The molecule has 0 fully saturated rings. The third-order valence-corrected chi connectivity index (χ3v) is 5.75. The van der Waals surface area contributed by atoms with Gasteiger partial charge in [0.15, 0.2) is 0 Å². The summed E-state index contributed by atoms with van der Waals surface area (Å²) < 4.78 is 20.9. The molecule has 0 bridgehead atoms. The van der Waals surface area contributed by atoms with Crippen molar-refractivity contribution < 1.29 is 33.7 Å². The van der Waals surface area contributed by atoms with Crippen LogP contribution in [0.2, 0.25) is 0 Å². The third-order valence-electron chi connectivity index (χ3n) is 5.75. The van der Waals surface area contributed by atoms with E-state index in [1.54, 1.807) is 31.2 Å². The van der Waals surface area contributed by atoms with Gasteiger partial charge in [0.05, 0.1) is 29.3 Å². The van der Waals surface area contributed by atoms with Crippen molar-refractivity contribution in [1.29, 1.82) is 0 Å². The highest BCUT2D eigenvalue weighted by Gasteiger charge is 2.44. The Kier molecular flexibility index (Phi) is 5.76. The molecule has 1 heterocycles. The van der Waals surface area contributed by atoms with E-state index in [-0.39, 0.29) is 46.9 Å². The summed E-state index contributed by atoms with van der Waals surface area (Å²) in [6, 6.07) is 10.3. The van der Waals surface area contributed by atoms with E-state index in [4.69, 9.17) is 4.74 Å². The van der Waals surface area contributed by atoms with Gasteiger partial charge in [-0.2, -0.15) is 0 Å². The van der Waals surface area contributed by atoms with E-state index in [1.165, 1.54) is 12.1 Å². The van der Waals surface area contributed by atoms with Crippen LogP contribution in [0.1, 0.15) is 58.9 Å². The maximum Gasteiger partial charge on any atom is 0.310 e. The number of halogens is 1. The van der Waals surface area contributed by atoms with Gasteiger partial charge in [-0.05, 0) is 30.5 Å². The van der Waals surface area contributed by atoms with Gasteiger partial charge in [-0.15, -0.1) is 0 Å². The minimum absolute atomic E-state index is 0.120. The molecule has 0 spiro atoms. The van der Waals surface area contributed by atoms with Crippen LogP contribution in [0, 0.1) is 5.82 Å². The summed E-state index contributed by atoms with van der Waals surface area (Å²) in [5.74, 6) is -4.84. The maximum atomic E-state index is 15.1. The van der Waals surface area contributed by atoms with Crippen molar-refractivity contribution >= 4 is 34.2 Å². The van der Waals surface area contributed by atoms with Gasteiger partial charge in [0.1, 0.15) is 17.3 Å². The number of anilines is 1. The normalized spacial score (nSPS) is 14.0. The van der Waals surface area contributed by atoms with Crippen LogP contribution in [0.4, 0.5) is 10.1 Å². The zero-order valence-electron chi connectivity index (χ0n) is 18.1. The lowest BCUT2D eigenvalue weighted by molar-refractivity contribution is -0.138. The third kappa shape index (κ3) is 3.47. The molecule has 7 nitrogen and oxygen atoms in total. The van der Waals surface area contributed by atoms with Crippen molar-refractivity contribution in [3.05, 3.63) is 65.0 Å². The number of amides is 2. The van der Waals surface area contributed by atoms with E-state index in [0.717, 1.165) is 6.07 Å². The second kappa shape index (κ2) is 8.54. The monoisotopic (exact) mass is 451 g/mol. The minimum Gasteiger partial charge on any atom is -0.506 e. The van der Waals surface area contributed by atoms with Gasteiger partial charge in [0.2, 0.25) is 0 Å². The van der Waals surface area contributed by atoms with Crippen molar-refractivity contribution in [1.82, 2.24) is 0 Å². The highest BCUT2D eigenvalue weighted by Crippen LogP contribution is 2.45. The van der Waals surface area contributed by atoms with Gasteiger partial charge < -0.3 is 14.9 Å². The standard InChI is InChI=1S/C25H22FNO6/c1-3-11-33-22-16-8-6-5-7-15(16)21(28)19-20(22)24(30)27(23(19)29)18-10-9-13(12-17(18)26)14(4-2)25(31)32/h5-10,12,14,28H,3-4,11H2,1-2H3,(H,31,32). The van der Waals surface area contributed by atoms with Crippen LogP contribution >= 0.6 is 0 Å². The number of carboxylic acids is 1. The van der Waals surface area contributed by atoms with E-state index >= 15 is 4.39 Å². The largest absolute Gasteiger partial charge is 0.506 e. The molecule has 4 rings (SSSR count). The van der Waals surface area contributed by atoms with E-state index in [9.17, 15) is 24.6 Å². The molecule has 1 aliphatic rings. The lowest BCUT2D eigenvalue weighted by atomic mass is 9.96. The van der Waals surface area contributed by atoms with Gasteiger partial charge in [-0.3, -0.25) is 14.4 Å². The first-order valence-electron chi connectivity index (χ1n) is 10.6. The highest BCUT2D eigenvalue weighted by molar-refractivity contribution is 6.38. The number of carbonyl (C=O) groups excluding carboxylic acids is 2. The van der Waals surface area contributed by atoms with Gasteiger partial charge in [0, 0.05) is 10.8 Å². The van der Waals surface area contributed by atoms with Crippen LogP contribution < -0.4 is 9.64 Å². The molecule has 0 saturated carbocycles. The molecule has 1 unspecified atom stereocenters. The Morgan fingerprint density at radius 1 is 1.06 bits per heavy atom. The molecule has 0 aromatic heterocycles. The number of aliphatic carboxylic acids is 1. The summed E-state index contributed by atoms with van der Waals surface area (Å²) in [4.78, 5) is 38.7. The number of carbonyl (C=O) groups is 3. The molecule has 0 saturated heterocycles. The van der Waals surface area contributed by atoms with Gasteiger partial charge in [-0.1, -0.05) is 44.2 Å². The zero-order chi connectivity index (χ0) is 23.9. The first-order chi connectivity index (χ1) is 15.8. The van der Waals surface area contributed by atoms with E-state index in [1.807, 2.05) is 6.92 Å². The van der Waals surface area contributed by atoms with Crippen LogP contribution in [-0.4, -0.2) is 34.6 Å². The topological polar surface area (TPSA) is 104 Å². The Morgan fingerprint density at radius 2 is 1.73 bits per heavy atom. The second-order valence-corrected chi connectivity index (χ2v) is 7.78. The van der Waals surface area contributed by atoms with Crippen molar-refractivity contribution in [3.8, 4) is 11.5 Å². The number of benzene rings is 3. The Morgan fingerprint density at radius 3 is 2.33 bits per heavy atom. The van der Waals surface area contributed by atoms with Crippen molar-refractivity contribution in [2.24, 2.45) is 0 Å². The van der Waals surface area contributed by atoms with Crippen molar-refractivity contribution in [2.75, 3.05) is 11.5 Å². The highest BCUT2D eigenvalue weighted by atomic mass is 19.1. The second-order valence-electron chi connectivity index (χ2n) is 7.78. The molecule has 0 radical (unpaired) electrons. The van der Waals surface area contributed by atoms with E-state index in [2.05, 4.69) is 0 Å². The molecule has 3 aromatic rings. The summed E-state index contributed by atoms with van der Waals surface area (Å²) in [6.45, 7) is 3.83. The summed E-state index contributed by atoms with van der Waals surface area (Å²) in [5.41, 5.74) is -0.464. The molecule has 3 aromatic carbocycles. The smallest absolute Gasteiger partial charge is 0.310 e. The van der Waals surface area contributed by atoms with Gasteiger partial charge in [-0.25, -0.2) is 9.29 Å². The van der Waals surface area contributed by atoms with Crippen LogP contribution in [0.25, 0.3) is 10.8 Å². The summed E-state index contributed by atoms with van der Waals surface area (Å²) in [7, 11) is 0. The minimum atomic E-state index is -1.10. The number of phenols is 1. The number of rotatable bonds is 7. The Balaban J connectivity index is 1.87. The number of ether oxygens (including phenoxy) is 1. The summed E-state index contributed by atoms with van der Waals surface area (Å²) in [6.07, 6.45) is 0.897. The van der Waals surface area contributed by atoms with E-state index < -0.39 is 29.5 Å². The molecule has 1 atom stereocenters. The SMILES string of the molecule is CCCOc1c2c(c(O)c3ccccc13)C(=O)N(c1ccc(C(CC)C(=O)O)cc1F)C2=O. The number of imide groups is 1. The summed E-state index contributed by atoms with van der Waals surface area (Å²) >= 11 is 0. The van der Waals surface area contributed by atoms with Crippen LogP contribution in [0.5, 0.6) is 11.5 Å². The van der Waals surface area contributed by atoms with Crippen LogP contribution in [0.3, 0.4) is 0 Å². The average molecular weight is 451 g/mol. The van der Waals surface area contributed by atoms with Crippen molar-refractivity contribution in [3.63, 3.8) is 0 Å². The first kappa shape index (κ1) is 22.3. The lowest BCUT2D eigenvalue weighted by Crippen LogP contribution is -2.30. The molecule has 33 heavy (non-hydrogen) atoms. The number of aromatic hydroxyl groups is 1. The van der Waals surface area contributed by atoms with Crippen molar-refractivity contribution in [2.45, 2.75) is 32.6 Å². The molecule has 2 N–H and O–H groups in total. The van der Waals surface area contributed by atoms with E-state index in [0.29, 0.717) is 22.1 Å². The number of hydrogen-bond donors (Lipinski definition) is 2. The van der Waals surface area contributed by atoms with Crippen LogP contribution in [-0.2, 0) is 4.79 Å².